The fourth-order valence-electron chi connectivity index (χ4n) is 3.15. The van der Waals surface area contributed by atoms with E-state index in [2.05, 4.69) is 37.9 Å². The van der Waals surface area contributed by atoms with Gasteiger partial charge in [0, 0.05) is 31.3 Å². The third-order valence-corrected chi connectivity index (χ3v) is 4.84. The predicted molar refractivity (Wildman–Crippen MR) is 80.4 cm³/mol. The fourth-order valence-corrected chi connectivity index (χ4v) is 3.15. The number of nitrogens with zero attached hydrogens (tertiary/aromatic N) is 1. The van der Waals surface area contributed by atoms with Crippen molar-refractivity contribution in [2.75, 3.05) is 13.6 Å². The molecule has 1 aromatic carbocycles. The molecule has 3 atom stereocenters. The molecule has 1 aliphatic heterocycles. The van der Waals surface area contributed by atoms with Crippen LogP contribution in [0.5, 0.6) is 0 Å². The quantitative estimate of drug-likeness (QED) is 0.793. The molecule has 0 unspecified atom stereocenters. The van der Waals surface area contributed by atoms with Crippen molar-refractivity contribution in [3.8, 4) is 0 Å². The standard InChI is InChI=1S/C17H25NO2/c1-5-16(19)20-17(15-9-7-6-8-10-15)11-12-18(4)14(3)13(17)2/h6-10,13-14H,5,11-12H2,1-4H3/t13-,14+,17+/m0/s1. The minimum atomic E-state index is -0.486. The molecule has 1 heterocycles. The van der Waals surface area contributed by atoms with Crippen LogP contribution in [0.1, 0.15) is 39.2 Å². The molecule has 1 fully saturated rings. The molecule has 1 saturated heterocycles. The summed E-state index contributed by atoms with van der Waals surface area (Å²) in [6, 6.07) is 10.6. The number of carbonyl (C=O) groups excluding carboxylic acids is 1. The molecule has 0 spiro atoms. The number of hydrogen-bond acceptors (Lipinski definition) is 3. The van der Waals surface area contributed by atoms with E-state index in [1.165, 1.54) is 0 Å². The Kier molecular flexibility index (Phi) is 4.48. The summed E-state index contributed by atoms with van der Waals surface area (Å²) in [5, 5.41) is 0. The average molecular weight is 275 g/mol. The molecule has 3 nitrogen and oxygen atoms in total. The molecule has 2 rings (SSSR count). The Morgan fingerprint density at radius 1 is 1.35 bits per heavy atom. The number of hydrogen-bond donors (Lipinski definition) is 0. The van der Waals surface area contributed by atoms with E-state index in [0.717, 1.165) is 18.5 Å². The van der Waals surface area contributed by atoms with Gasteiger partial charge in [-0.15, -0.1) is 0 Å². The number of rotatable bonds is 3. The molecular weight excluding hydrogens is 250 g/mol. The van der Waals surface area contributed by atoms with E-state index in [1.54, 1.807) is 0 Å². The van der Waals surface area contributed by atoms with Gasteiger partial charge in [0.1, 0.15) is 5.60 Å². The third kappa shape index (κ3) is 2.59. The van der Waals surface area contributed by atoms with Gasteiger partial charge in [-0.2, -0.15) is 0 Å². The molecule has 0 aliphatic carbocycles. The Morgan fingerprint density at radius 3 is 2.60 bits per heavy atom. The van der Waals surface area contributed by atoms with Gasteiger partial charge < -0.3 is 9.64 Å². The summed E-state index contributed by atoms with van der Waals surface area (Å²) < 4.78 is 5.98. The van der Waals surface area contributed by atoms with Crippen LogP contribution in [-0.2, 0) is 15.1 Å². The fraction of sp³-hybridized carbons (Fsp3) is 0.588. The second-order valence-corrected chi connectivity index (χ2v) is 5.84. The van der Waals surface area contributed by atoms with Crippen LogP contribution >= 0.6 is 0 Å². The second-order valence-electron chi connectivity index (χ2n) is 5.84. The van der Waals surface area contributed by atoms with Crippen LogP contribution in [0.4, 0.5) is 0 Å². The molecule has 0 amide bonds. The number of esters is 1. The molecule has 0 saturated carbocycles. The highest BCUT2D eigenvalue weighted by molar-refractivity contribution is 5.69. The second kappa shape index (κ2) is 5.96. The number of ether oxygens (including phenoxy) is 1. The van der Waals surface area contributed by atoms with Crippen molar-refractivity contribution in [1.82, 2.24) is 4.90 Å². The smallest absolute Gasteiger partial charge is 0.306 e. The third-order valence-electron chi connectivity index (χ3n) is 4.84. The first-order valence-electron chi connectivity index (χ1n) is 7.49. The van der Waals surface area contributed by atoms with Crippen LogP contribution in [0.15, 0.2) is 30.3 Å². The Morgan fingerprint density at radius 2 is 2.00 bits per heavy atom. The molecule has 20 heavy (non-hydrogen) atoms. The number of piperidine rings is 1. The highest BCUT2D eigenvalue weighted by Gasteiger charge is 2.47. The normalized spacial score (nSPS) is 31.0. The predicted octanol–water partition coefficient (Wildman–Crippen LogP) is 3.20. The van der Waals surface area contributed by atoms with Gasteiger partial charge in [0.15, 0.2) is 0 Å². The lowest BCUT2D eigenvalue weighted by molar-refractivity contribution is -0.178. The van der Waals surface area contributed by atoms with Crippen LogP contribution in [0.3, 0.4) is 0 Å². The monoisotopic (exact) mass is 275 g/mol. The summed E-state index contributed by atoms with van der Waals surface area (Å²) in [6.45, 7) is 7.19. The molecule has 0 bridgehead atoms. The lowest BCUT2D eigenvalue weighted by Gasteiger charge is -2.49. The molecule has 0 aromatic heterocycles. The maximum Gasteiger partial charge on any atom is 0.306 e. The zero-order valence-electron chi connectivity index (χ0n) is 12.9. The first-order valence-corrected chi connectivity index (χ1v) is 7.49. The van der Waals surface area contributed by atoms with Crippen molar-refractivity contribution >= 4 is 5.97 Å². The van der Waals surface area contributed by atoms with Gasteiger partial charge in [-0.3, -0.25) is 4.79 Å². The van der Waals surface area contributed by atoms with E-state index >= 15 is 0 Å². The largest absolute Gasteiger partial charge is 0.454 e. The maximum absolute atomic E-state index is 12.0. The van der Waals surface area contributed by atoms with Gasteiger partial charge in [0.25, 0.3) is 0 Å². The summed E-state index contributed by atoms with van der Waals surface area (Å²) in [6.07, 6.45) is 1.27. The van der Waals surface area contributed by atoms with Crippen molar-refractivity contribution in [2.24, 2.45) is 5.92 Å². The minimum Gasteiger partial charge on any atom is -0.454 e. The Labute approximate surface area is 121 Å². The number of carbonyl (C=O) groups is 1. The minimum absolute atomic E-state index is 0.113. The van der Waals surface area contributed by atoms with E-state index in [-0.39, 0.29) is 11.9 Å². The Hall–Kier alpha value is -1.35. The molecular formula is C17H25NO2. The molecule has 1 aromatic rings. The topological polar surface area (TPSA) is 29.5 Å². The van der Waals surface area contributed by atoms with Gasteiger partial charge in [0.2, 0.25) is 0 Å². The van der Waals surface area contributed by atoms with Crippen LogP contribution in [0.2, 0.25) is 0 Å². The van der Waals surface area contributed by atoms with E-state index in [0.29, 0.717) is 12.5 Å². The van der Waals surface area contributed by atoms with E-state index in [1.807, 2.05) is 25.1 Å². The number of benzene rings is 1. The lowest BCUT2D eigenvalue weighted by Crippen LogP contribution is -2.54. The Bertz CT molecular complexity index is 459. The molecule has 0 N–H and O–H groups in total. The van der Waals surface area contributed by atoms with Crippen LogP contribution in [-0.4, -0.2) is 30.5 Å². The molecule has 1 aliphatic rings. The summed E-state index contributed by atoms with van der Waals surface area (Å²) >= 11 is 0. The van der Waals surface area contributed by atoms with Gasteiger partial charge in [-0.1, -0.05) is 44.2 Å². The van der Waals surface area contributed by atoms with Crippen molar-refractivity contribution in [2.45, 2.75) is 45.3 Å². The first-order chi connectivity index (χ1) is 9.51. The molecule has 0 radical (unpaired) electrons. The van der Waals surface area contributed by atoms with Crippen molar-refractivity contribution in [1.29, 1.82) is 0 Å². The maximum atomic E-state index is 12.0. The number of likely N-dealkylation sites (tertiary alicyclic amines) is 1. The van der Waals surface area contributed by atoms with E-state index in [9.17, 15) is 4.79 Å². The Balaban J connectivity index is 2.42. The van der Waals surface area contributed by atoms with Crippen molar-refractivity contribution in [3.63, 3.8) is 0 Å². The highest BCUT2D eigenvalue weighted by Crippen LogP contribution is 2.43. The van der Waals surface area contributed by atoms with Crippen LogP contribution in [0.25, 0.3) is 0 Å². The molecule has 110 valence electrons. The van der Waals surface area contributed by atoms with Crippen LogP contribution in [0, 0.1) is 5.92 Å². The average Bonchev–Trinajstić information content (AvgIpc) is 2.49. The SMILES string of the molecule is CCC(=O)O[C@]1(c2ccccc2)CCN(C)[C@H](C)[C@@H]1C. The molecule has 3 heteroatoms. The lowest BCUT2D eigenvalue weighted by atomic mass is 9.73. The zero-order chi connectivity index (χ0) is 14.8. The van der Waals surface area contributed by atoms with Gasteiger partial charge in [0.05, 0.1) is 0 Å². The van der Waals surface area contributed by atoms with Gasteiger partial charge in [-0.05, 0) is 19.5 Å². The summed E-state index contributed by atoms with van der Waals surface area (Å²) in [5.41, 5.74) is 0.634. The first kappa shape index (κ1) is 15.0. The summed E-state index contributed by atoms with van der Waals surface area (Å²) in [7, 11) is 2.14. The highest BCUT2D eigenvalue weighted by atomic mass is 16.6. The van der Waals surface area contributed by atoms with E-state index in [4.69, 9.17) is 4.74 Å². The van der Waals surface area contributed by atoms with Crippen LogP contribution < -0.4 is 0 Å². The van der Waals surface area contributed by atoms with Gasteiger partial charge >= 0.3 is 5.97 Å². The summed E-state index contributed by atoms with van der Waals surface area (Å²) in [5.74, 6) is 0.150. The van der Waals surface area contributed by atoms with Gasteiger partial charge in [-0.25, -0.2) is 0 Å². The van der Waals surface area contributed by atoms with E-state index < -0.39 is 5.60 Å². The van der Waals surface area contributed by atoms with Crippen molar-refractivity contribution in [3.05, 3.63) is 35.9 Å². The summed E-state index contributed by atoms with van der Waals surface area (Å²) in [4.78, 5) is 14.3. The van der Waals surface area contributed by atoms with Crippen molar-refractivity contribution < 1.29 is 9.53 Å². The zero-order valence-corrected chi connectivity index (χ0v) is 12.9.